The number of rotatable bonds is 4. The predicted octanol–water partition coefficient (Wildman–Crippen LogP) is 6.18. The molecule has 0 bridgehead atoms. The number of nitrogens with one attached hydrogen (secondary N) is 1. The first-order valence-electron chi connectivity index (χ1n) is 10.3. The molecule has 5 nitrogen and oxygen atoms in total. The predicted molar refractivity (Wildman–Crippen MR) is 119 cm³/mol. The van der Waals surface area contributed by atoms with E-state index in [0.717, 1.165) is 31.2 Å². The maximum absolute atomic E-state index is 13.4. The fourth-order valence-corrected chi connectivity index (χ4v) is 4.74. The van der Waals surface area contributed by atoms with Crippen molar-refractivity contribution in [2.45, 2.75) is 38.5 Å². The summed E-state index contributed by atoms with van der Waals surface area (Å²) in [7, 11) is 1.96. The lowest BCUT2D eigenvalue weighted by atomic mass is 9.74. The molecule has 1 unspecified atom stereocenters. The summed E-state index contributed by atoms with van der Waals surface area (Å²) in [6, 6.07) is 11.0. The number of hydrogen-bond donors (Lipinski definition) is 2. The van der Waals surface area contributed by atoms with Gasteiger partial charge in [-0.3, -0.25) is 4.68 Å². The summed E-state index contributed by atoms with van der Waals surface area (Å²) in [5.74, 6) is 1.02. The van der Waals surface area contributed by atoms with E-state index in [1.807, 2.05) is 17.9 Å². The second-order valence-corrected chi connectivity index (χ2v) is 8.63. The maximum Gasteiger partial charge on any atom is 0.149 e. The van der Waals surface area contributed by atoms with Crippen molar-refractivity contribution in [3.05, 3.63) is 59.0 Å². The van der Waals surface area contributed by atoms with Crippen LogP contribution in [-0.4, -0.2) is 20.8 Å². The smallest absolute Gasteiger partial charge is 0.149 e. The Morgan fingerprint density at radius 2 is 2.00 bits per heavy atom. The lowest BCUT2D eigenvalue weighted by Gasteiger charge is -2.33. The molecular weight excluding hydrogens is 403 g/mol. The standard InChI is InChI=1S/C23H26ClFN4O/c1-14(23(28-30)27-19-8-9-21(25)20(24)12-19)15-3-5-16(6-4-15)17-7-10-22-18(11-17)13-26-29(22)2/h7-16,30H,3-6H2,1-2H3,(H,27,28). The molecule has 2 N–H and O–H groups in total. The van der Waals surface area contributed by atoms with Gasteiger partial charge in [0.2, 0.25) is 0 Å². The molecule has 1 saturated carbocycles. The zero-order valence-electron chi connectivity index (χ0n) is 17.1. The molecule has 1 aromatic heterocycles. The van der Waals surface area contributed by atoms with Crippen molar-refractivity contribution in [1.29, 1.82) is 0 Å². The first-order valence-corrected chi connectivity index (χ1v) is 10.7. The Kier molecular flexibility index (Phi) is 5.95. The number of fused-ring (bicyclic) bond motifs is 1. The summed E-state index contributed by atoms with van der Waals surface area (Å²) in [6.07, 6.45) is 6.23. The number of aromatic nitrogens is 2. The number of hydrogen-bond acceptors (Lipinski definition) is 3. The summed E-state index contributed by atoms with van der Waals surface area (Å²) >= 11 is 5.86. The summed E-state index contributed by atoms with van der Waals surface area (Å²) in [5.41, 5.74) is 3.13. The molecule has 158 valence electrons. The van der Waals surface area contributed by atoms with E-state index in [2.05, 4.69) is 40.7 Å². The number of oxime groups is 1. The van der Waals surface area contributed by atoms with Crippen LogP contribution in [0, 0.1) is 17.7 Å². The van der Waals surface area contributed by atoms with Crippen LogP contribution in [0.3, 0.4) is 0 Å². The van der Waals surface area contributed by atoms with E-state index in [1.54, 1.807) is 6.07 Å². The molecule has 0 aliphatic heterocycles. The van der Waals surface area contributed by atoms with E-state index >= 15 is 0 Å². The molecule has 3 aromatic rings. The molecule has 0 spiro atoms. The van der Waals surface area contributed by atoms with Crippen molar-refractivity contribution in [3.63, 3.8) is 0 Å². The van der Waals surface area contributed by atoms with Gasteiger partial charge in [-0.1, -0.05) is 29.7 Å². The average Bonchev–Trinajstić information content (AvgIpc) is 3.14. The number of halogens is 2. The van der Waals surface area contributed by atoms with Crippen LogP contribution in [-0.2, 0) is 7.05 Å². The molecule has 0 saturated heterocycles. The van der Waals surface area contributed by atoms with Crippen LogP contribution in [0.25, 0.3) is 10.9 Å². The fraction of sp³-hybridized carbons (Fsp3) is 0.391. The van der Waals surface area contributed by atoms with E-state index in [0.29, 0.717) is 23.4 Å². The average molecular weight is 429 g/mol. The van der Waals surface area contributed by atoms with Gasteiger partial charge in [0, 0.05) is 24.0 Å². The minimum Gasteiger partial charge on any atom is -0.409 e. The zero-order valence-corrected chi connectivity index (χ0v) is 17.9. The van der Waals surface area contributed by atoms with Crippen LogP contribution in [0.4, 0.5) is 10.1 Å². The Bertz CT molecular complexity index is 1070. The molecular formula is C23H26ClFN4O. The Morgan fingerprint density at radius 1 is 1.23 bits per heavy atom. The molecule has 1 heterocycles. The Balaban J connectivity index is 1.39. The Hall–Kier alpha value is -2.60. The van der Waals surface area contributed by atoms with Crippen molar-refractivity contribution in [3.8, 4) is 0 Å². The molecule has 30 heavy (non-hydrogen) atoms. The van der Waals surface area contributed by atoms with Gasteiger partial charge in [0.25, 0.3) is 0 Å². The third-order valence-electron chi connectivity index (χ3n) is 6.45. The van der Waals surface area contributed by atoms with Crippen LogP contribution < -0.4 is 5.32 Å². The van der Waals surface area contributed by atoms with Gasteiger partial charge in [-0.15, -0.1) is 0 Å². The Morgan fingerprint density at radius 3 is 2.70 bits per heavy atom. The largest absolute Gasteiger partial charge is 0.409 e. The van der Waals surface area contributed by atoms with Crippen molar-refractivity contribution in [2.75, 3.05) is 5.32 Å². The number of benzene rings is 2. The SMILES string of the molecule is CC(/C(=N/O)Nc1ccc(F)c(Cl)c1)C1CCC(c2ccc3c(cnn3C)c2)CC1. The summed E-state index contributed by atoms with van der Waals surface area (Å²) < 4.78 is 15.3. The molecule has 1 aliphatic carbocycles. The van der Waals surface area contributed by atoms with Gasteiger partial charge in [0.05, 0.1) is 16.7 Å². The monoisotopic (exact) mass is 428 g/mol. The van der Waals surface area contributed by atoms with Gasteiger partial charge in [0.1, 0.15) is 11.7 Å². The van der Waals surface area contributed by atoms with Crippen molar-refractivity contribution in [1.82, 2.24) is 9.78 Å². The third kappa shape index (κ3) is 4.15. The van der Waals surface area contributed by atoms with Crippen molar-refractivity contribution >= 4 is 34.0 Å². The normalized spacial score (nSPS) is 21.0. The molecule has 1 fully saturated rings. The summed E-state index contributed by atoms with van der Waals surface area (Å²) in [5, 5.41) is 21.7. The van der Waals surface area contributed by atoms with Crippen LogP contribution in [0.5, 0.6) is 0 Å². The van der Waals surface area contributed by atoms with Crippen LogP contribution in [0.2, 0.25) is 5.02 Å². The van der Waals surface area contributed by atoms with Gasteiger partial charge in [-0.25, -0.2) is 4.39 Å². The minimum absolute atomic E-state index is 0.0380. The van der Waals surface area contributed by atoms with Gasteiger partial charge in [-0.2, -0.15) is 5.10 Å². The number of aryl methyl sites for hydroxylation is 1. The topological polar surface area (TPSA) is 62.4 Å². The number of nitrogens with zero attached hydrogens (tertiary/aromatic N) is 3. The summed E-state index contributed by atoms with van der Waals surface area (Å²) in [6.45, 7) is 2.07. The van der Waals surface area contributed by atoms with Crippen molar-refractivity contribution < 1.29 is 9.60 Å². The van der Waals surface area contributed by atoms with Crippen LogP contribution in [0.15, 0.2) is 47.8 Å². The highest BCUT2D eigenvalue weighted by atomic mass is 35.5. The quantitative estimate of drug-likeness (QED) is 0.226. The molecule has 0 radical (unpaired) electrons. The second-order valence-electron chi connectivity index (χ2n) is 8.23. The van der Waals surface area contributed by atoms with Crippen LogP contribution in [0.1, 0.15) is 44.1 Å². The summed E-state index contributed by atoms with van der Waals surface area (Å²) in [4.78, 5) is 0. The lowest BCUT2D eigenvalue weighted by molar-refractivity contribution is 0.273. The van der Waals surface area contributed by atoms with E-state index < -0.39 is 5.82 Å². The van der Waals surface area contributed by atoms with Gasteiger partial charge < -0.3 is 10.5 Å². The van der Waals surface area contributed by atoms with E-state index in [4.69, 9.17) is 11.6 Å². The second kappa shape index (κ2) is 8.64. The zero-order chi connectivity index (χ0) is 21.3. The lowest BCUT2D eigenvalue weighted by Crippen LogP contribution is -2.30. The highest BCUT2D eigenvalue weighted by Gasteiger charge is 2.29. The molecule has 0 amide bonds. The number of anilines is 1. The molecule has 1 aliphatic rings. The first-order chi connectivity index (χ1) is 14.5. The first kappa shape index (κ1) is 20.7. The van der Waals surface area contributed by atoms with E-state index in [9.17, 15) is 9.60 Å². The van der Waals surface area contributed by atoms with E-state index in [-0.39, 0.29) is 10.9 Å². The highest BCUT2D eigenvalue weighted by Crippen LogP contribution is 2.40. The molecule has 7 heteroatoms. The maximum atomic E-state index is 13.4. The third-order valence-corrected chi connectivity index (χ3v) is 6.74. The highest BCUT2D eigenvalue weighted by molar-refractivity contribution is 6.31. The number of amidine groups is 1. The van der Waals surface area contributed by atoms with Crippen LogP contribution >= 0.6 is 11.6 Å². The molecule has 4 rings (SSSR count). The van der Waals surface area contributed by atoms with Gasteiger partial charge in [-0.05, 0) is 73.4 Å². The van der Waals surface area contributed by atoms with E-state index in [1.165, 1.54) is 23.1 Å². The van der Waals surface area contributed by atoms with Gasteiger partial charge in [0.15, 0.2) is 0 Å². The van der Waals surface area contributed by atoms with Crippen molar-refractivity contribution in [2.24, 2.45) is 24.0 Å². The fourth-order valence-electron chi connectivity index (χ4n) is 4.56. The molecule has 1 atom stereocenters. The van der Waals surface area contributed by atoms with Gasteiger partial charge >= 0.3 is 0 Å². The Labute approximate surface area is 180 Å². The molecule has 2 aromatic carbocycles. The minimum atomic E-state index is -0.472.